The van der Waals surface area contributed by atoms with Crippen LogP contribution in [0.2, 0.25) is 0 Å². The SMILES string of the molecule is CCNC(=NCC(C)(O)c1ccsc1)NCCNS(=O)(=O)c1cccnc1.I. The number of thiophene rings is 1. The maximum absolute atomic E-state index is 12.1. The fourth-order valence-electron chi connectivity index (χ4n) is 2.19. The third-order valence-corrected chi connectivity index (χ3v) is 5.82. The van der Waals surface area contributed by atoms with E-state index in [2.05, 4.69) is 25.3 Å². The van der Waals surface area contributed by atoms with Crippen molar-refractivity contribution in [2.75, 3.05) is 26.2 Å². The highest BCUT2D eigenvalue weighted by Gasteiger charge is 2.23. The maximum Gasteiger partial charge on any atom is 0.242 e. The lowest BCUT2D eigenvalue weighted by Gasteiger charge is -2.21. The van der Waals surface area contributed by atoms with E-state index in [0.717, 1.165) is 5.56 Å². The summed E-state index contributed by atoms with van der Waals surface area (Å²) in [6, 6.07) is 4.93. The van der Waals surface area contributed by atoms with Gasteiger partial charge in [0.15, 0.2) is 5.96 Å². The molecule has 0 bridgehead atoms. The van der Waals surface area contributed by atoms with Gasteiger partial charge in [0.2, 0.25) is 10.0 Å². The summed E-state index contributed by atoms with van der Waals surface area (Å²) >= 11 is 1.52. The number of hydrogen-bond acceptors (Lipinski definition) is 6. The van der Waals surface area contributed by atoms with Crippen molar-refractivity contribution in [3.05, 3.63) is 46.9 Å². The maximum atomic E-state index is 12.1. The predicted octanol–water partition coefficient (Wildman–Crippen LogP) is 1.50. The van der Waals surface area contributed by atoms with E-state index >= 15 is 0 Å². The Hall–Kier alpha value is -1.28. The smallest absolute Gasteiger partial charge is 0.242 e. The highest BCUT2D eigenvalue weighted by molar-refractivity contribution is 14.0. The van der Waals surface area contributed by atoms with Crippen LogP contribution in [0.5, 0.6) is 0 Å². The topological polar surface area (TPSA) is 116 Å². The lowest BCUT2D eigenvalue weighted by Crippen LogP contribution is -2.42. The number of hydrogen-bond donors (Lipinski definition) is 4. The lowest BCUT2D eigenvalue weighted by molar-refractivity contribution is 0.0677. The van der Waals surface area contributed by atoms with Crippen molar-refractivity contribution in [1.29, 1.82) is 0 Å². The normalized spacial score (nSPS) is 14.0. The zero-order valence-electron chi connectivity index (χ0n) is 15.8. The molecule has 0 spiro atoms. The van der Waals surface area contributed by atoms with Crippen LogP contribution < -0.4 is 15.4 Å². The van der Waals surface area contributed by atoms with Gasteiger partial charge in [-0.1, -0.05) is 0 Å². The van der Waals surface area contributed by atoms with Gasteiger partial charge in [-0.05, 0) is 48.4 Å². The first-order valence-corrected chi connectivity index (χ1v) is 10.9. The van der Waals surface area contributed by atoms with Crippen molar-refractivity contribution >= 4 is 51.3 Å². The third kappa shape index (κ3) is 7.62. The molecule has 2 heterocycles. The first kappa shape index (κ1) is 24.8. The summed E-state index contributed by atoms with van der Waals surface area (Å²) in [4.78, 5) is 8.33. The summed E-state index contributed by atoms with van der Waals surface area (Å²) in [7, 11) is -3.59. The van der Waals surface area contributed by atoms with E-state index in [1.807, 2.05) is 23.8 Å². The second-order valence-electron chi connectivity index (χ2n) is 5.99. The van der Waals surface area contributed by atoms with Crippen LogP contribution in [0.25, 0.3) is 0 Å². The molecule has 1 unspecified atom stereocenters. The lowest BCUT2D eigenvalue weighted by atomic mass is 10.00. The number of aromatic nitrogens is 1. The minimum Gasteiger partial charge on any atom is -0.383 e. The highest BCUT2D eigenvalue weighted by Crippen LogP contribution is 2.23. The Morgan fingerprint density at radius 3 is 2.71 bits per heavy atom. The Bertz CT molecular complexity index is 828. The van der Waals surface area contributed by atoms with Gasteiger partial charge in [-0.2, -0.15) is 11.3 Å². The molecule has 2 rings (SSSR count). The van der Waals surface area contributed by atoms with Crippen LogP contribution in [0.15, 0.2) is 51.2 Å². The molecular weight excluding hydrogens is 513 g/mol. The average molecular weight is 539 g/mol. The Morgan fingerprint density at radius 1 is 1.32 bits per heavy atom. The number of sulfonamides is 1. The van der Waals surface area contributed by atoms with Gasteiger partial charge < -0.3 is 15.7 Å². The third-order valence-electron chi connectivity index (χ3n) is 3.69. The molecule has 8 nitrogen and oxygen atoms in total. The first-order chi connectivity index (χ1) is 12.8. The molecule has 28 heavy (non-hydrogen) atoms. The molecule has 1 atom stereocenters. The second-order valence-corrected chi connectivity index (χ2v) is 8.54. The summed E-state index contributed by atoms with van der Waals surface area (Å²) in [6.45, 7) is 4.99. The minimum atomic E-state index is -3.59. The summed E-state index contributed by atoms with van der Waals surface area (Å²) in [6.07, 6.45) is 2.82. The minimum absolute atomic E-state index is 0. The van der Waals surface area contributed by atoms with Crippen molar-refractivity contribution in [3.63, 3.8) is 0 Å². The van der Waals surface area contributed by atoms with Crippen molar-refractivity contribution in [2.45, 2.75) is 24.3 Å². The van der Waals surface area contributed by atoms with Gasteiger partial charge in [-0.3, -0.25) is 4.98 Å². The van der Waals surface area contributed by atoms with Crippen molar-refractivity contribution in [3.8, 4) is 0 Å². The van der Waals surface area contributed by atoms with Gasteiger partial charge >= 0.3 is 0 Å². The number of rotatable bonds is 9. The van der Waals surface area contributed by atoms with Gasteiger partial charge in [-0.15, -0.1) is 24.0 Å². The summed E-state index contributed by atoms with van der Waals surface area (Å²) in [5.41, 5.74) is -0.249. The molecule has 0 aliphatic carbocycles. The van der Waals surface area contributed by atoms with Crippen LogP contribution in [-0.2, 0) is 15.6 Å². The number of guanidine groups is 1. The first-order valence-electron chi connectivity index (χ1n) is 8.52. The Labute approximate surface area is 187 Å². The highest BCUT2D eigenvalue weighted by atomic mass is 127. The zero-order chi connectivity index (χ0) is 19.8. The van der Waals surface area contributed by atoms with Gasteiger partial charge in [-0.25, -0.2) is 18.1 Å². The van der Waals surface area contributed by atoms with Crippen LogP contribution in [0, 0.1) is 0 Å². The molecule has 0 aliphatic rings. The summed E-state index contributed by atoms with van der Waals surface area (Å²) in [5, 5.41) is 20.5. The van der Waals surface area contributed by atoms with E-state index in [-0.39, 0.29) is 42.0 Å². The van der Waals surface area contributed by atoms with E-state index in [1.165, 1.54) is 29.8 Å². The molecule has 156 valence electrons. The fourth-order valence-corrected chi connectivity index (χ4v) is 3.97. The van der Waals surface area contributed by atoms with Crippen LogP contribution in [0.1, 0.15) is 19.4 Å². The number of halogens is 1. The van der Waals surface area contributed by atoms with E-state index in [4.69, 9.17) is 0 Å². The zero-order valence-corrected chi connectivity index (χ0v) is 19.7. The van der Waals surface area contributed by atoms with Crippen molar-refractivity contribution in [2.24, 2.45) is 4.99 Å². The molecule has 0 aromatic carbocycles. The van der Waals surface area contributed by atoms with Gasteiger partial charge in [0.25, 0.3) is 0 Å². The molecule has 4 N–H and O–H groups in total. The molecule has 0 saturated heterocycles. The number of aliphatic hydroxyl groups is 1. The molecule has 11 heteroatoms. The van der Waals surface area contributed by atoms with E-state index < -0.39 is 15.6 Å². The van der Waals surface area contributed by atoms with E-state index in [0.29, 0.717) is 19.0 Å². The van der Waals surface area contributed by atoms with Crippen molar-refractivity contribution < 1.29 is 13.5 Å². The Balaban J connectivity index is 0.00000392. The van der Waals surface area contributed by atoms with Crippen LogP contribution in [-0.4, -0.2) is 50.6 Å². The molecule has 0 saturated carbocycles. The standard InChI is InChI=1S/C17H25N5O3S2.HI/c1-3-19-16(21-13-17(2,23)14-6-10-26-12-14)20-8-9-22-27(24,25)15-5-4-7-18-11-15;/h4-7,10-12,22-23H,3,8-9,13H2,1-2H3,(H2,19,20,21);1H. The van der Waals surface area contributed by atoms with Crippen LogP contribution in [0.3, 0.4) is 0 Å². The molecule has 0 aliphatic heterocycles. The van der Waals surface area contributed by atoms with Gasteiger partial charge in [0.1, 0.15) is 10.5 Å². The molecule has 2 aromatic rings. The second kappa shape index (κ2) is 11.7. The molecular formula is C17H26IN5O3S2. The number of aliphatic imine (C=N–C) groups is 1. The fraction of sp³-hybridized carbons (Fsp3) is 0.412. The molecule has 0 amide bonds. The quantitative estimate of drug-likeness (QED) is 0.166. The van der Waals surface area contributed by atoms with Crippen LogP contribution >= 0.6 is 35.3 Å². The summed E-state index contributed by atoms with van der Waals surface area (Å²) in [5.74, 6) is 0.508. The Kier molecular flexibility index (Phi) is 10.3. The van der Waals surface area contributed by atoms with E-state index in [1.54, 1.807) is 13.0 Å². The van der Waals surface area contributed by atoms with Gasteiger partial charge in [0.05, 0.1) is 6.54 Å². The average Bonchev–Trinajstić information content (AvgIpc) is 3.20. The van der Waals surface area contributed by atoms with Crippen molar-refractivity contribution in [1.82, 2.24) is 20.3 Å². The number of nitrogens with one attached hydrogen (secondary N) is 3. The Morgan fingerprint density at radius 2 is 2.11 bits per heavy atom. The number of pyridine rings is 1. The monoisotopic (exact) mass is 539 g/mol. The molecule has 0 fully saturated rings. The number of nitrogens with zero attached hydrogens (tertiary/aromatic N) is 2. The predicted molar refractivity (Wildman–Crippen MR) is 123 cm³/mol. The molecule has 0 radical (unpaired) electrons. The van der Waals surface area contributed by atoms with Crippen LogP contribution in [0.4, 0.5) is 0 Å². The summed E-state index contributed by atoms with van der Waals surface area (Å²) < 4.78 is 26.8. The molecule has 2 aromatic heterocycles. The largest absolute Gasteiger partial charge is 0.383 e. The van der Waals surface area contributed by atoms with Gasteiger partial charge in [0, 0.05) is 32.0 Å². The van der Waals surface area contributed by atoms with E-state index in [9.17, 15) is 13.5 Å².